The number of hydrogen-bond donors (Lipinski definition) is 2. The second-order valence-electron chi connectivity index (χ2n) is 4.66. The Hall–Kier alpha value is -1.39. The Morgan fingerprint density at radius 2 is 2.22 bits per heavy atom. The third-order valence-corrected chi connectivity index (χ3v) is 3.16. The summed E-state index contributed by atoms with van der Waals surface area (Å²) < 4.78 is 5.23. The molecule has 0 bridgehead atoms. The molecule has 1 unspecified atom stereocenters. The minimum Gasteiger partial charge on any atom is -0.463 e. The average molecular weight is 248 g/mol. The van der Waals surface area contributed by atoms with Crippen molar-refractivity contribution in [1.82, 2.24) is 10.6 Å². The highest BCUT2D eigenvalue weighted by molar-refractivity contribution is 5.75. The molecule has 2 rings (SSSR count). The molecule has 0 spiro atoms. The van der Waals surface area contributed by atoms with Gasteiger partial charge in [0.1, 0.15) is 12.6 Å². The standard InChI is InChI=1S/C14H20N2O2/c1-11(14(17)18-10-13-7-8-15-13)16-9-12-5-3-2-4-6-12/h2-6,11,13,15-16H,7-10H2,1H3/t11-,13?/m0/s1. The van der Waals surface area contributed by atoms with Gasteiger partial charge in [0, 0.05) is 12.6 Å². The second kappa shape index (κ2) is 6.52. The van der Waals surface area contributed by atoms with Crippen LogP contribution in [-0.4, -0.2) is 31.2 Å². The summed E-state index contributed by atoms with van der Waals surface area (Å²) in [6, 6.07) is 10.1. The van der Waals surface area contributed by atoms with Gasteiger partial charge in [-0.05, 0) is 25.5 Å². The van der Waals surface area contributed by atoms with Crippen LogP contribution in [0.2, 0.25) is 0 Å². The molecule has 1 saturated heterocycles. The van der Waals surface area contributed by atoms with E-state index in [1.54, 1.807) is 0 Å². The summed E-state index contributed by atoms with van der Waals surface area (Å²) in [7, 11) is 0. The van der Waals surface area contributed by atoms with Crippen LogP contribution >= 0.6 is 0 Å². The third kappa shape index (κ3) is 3.82. The molecule has 1 heterocycles. The lowest BCUT2D eigenvalue weighted by molar-refractivity contribution is -0.147. The van der Waals surface area contributed by atoms with Crippen LogP contribution in [0.15, 0.2) is 30.3 Å². The molecule has 1 fully saturated rings. The molecule has 4 nitrogen and oxygen atoms in total. The molecule has 1 aromatic rings. The third-order valence-electron chi connectivity index (χ3n) is 3.16. The van der Waals surface area contributed by atoms with Crippen LogP contribution in [0.4, 0.5) is 0 Å². The predicted molar refractivity (Wildman–Crippen MR) is 70.1 cm³/mol. The molecule has 1 aliphatic heterocycles. The van der Waals surface area contributed by atoms with Gasteiger partial charge in [0.2, 0.25) is 0 Å². The number of rotatable bonds is 6. The van der Waals surface area contributed by atoms with E-state index in [2.05, 4.69) is 10.6 Å². The van der Waals surface area contributed by atoms with Crippen LogP contribution < -0.4 is 10.6 Å². The fourth-order valence-corrected chi connectivity index (χ4v) is 1.75. The molecule has 1 aromatic carbocycles. The van der Waals surface area contributed by atoms with Crippen LogP contribution in [0.1, 0.15) is 18.9 Å². The molecule has 0 radical (unpaired) electrons. The minimum absolute atomic E-state index is 0.181. The first kappa shape index (κ1) is 13.1. The van der Waals surface area contributed by atoms with Gasteiger partial charge in [0.15, 0.2) is 0 Å². The molecule has 1 aliphatic rings. The van der Waals surface area contributed by atoms with Crippen LogP contribution in [0.3, 0.4) is 0 Å². The normalized spacial score (nSPS) is 19.9. The average Bonchev–Trinajstić information content (AvgIpc) is 2.35. The van der Waals surface area contributed by atoms with Crippen molar-refractivity contribution < 1.29 is 9.53 Å². The van der Waals surface area contributed by atoms with Gasteiger partial charge in [-0.3, -0.25) is 4.79 Å². The summed E-state index contributed by atoms with van der Waals surface area (Å²) in [5, 5.41) is 6.36. The number of benzene rings is 1. The van der Waals surface area contributed by atoms with E-state index in [-0.39, 0.29) is 12.0 Å². The zero-order valence-electron chi connectivity index (χ0n) is 10.7. The van der Waals surface area contributed by atoms with E-state index in [1.807, 2.05) is 37.3 Å². The Morgan fingerprint density at radius 1 is 1.50 bits per heavy atom. The maximum Gasteiger partial charge on any atom is 0.322 e. The monoisotopic (exact) mass is 248 g/mol. The van der Waals surface area contributed by atoms with Crippen molar-refractivity contribution in [3.63, 3.8) is 0 Å². The molecular weight excluding hydrogens is 228 g/mol. The number of ether oxygens (including phenoxy) is 1. The lowest BCUT2D eigenvalue weighted by Crippen LogP contribution is -2.47. The van der Waals surface area contributed by atoms with Gasteiger partial charge in [-0.25, -0.2) is 0 Å². The topological polar surface area (TPSA) is 50.4 Å². The molecule has 98 valence electrons. The number of carbonyl (C=O) groups is 1. The van der Waals surface area contributed by atoms with E-state index in [9.17, 15) is 4.79 Å². The highest BCUT2D eigenvalue weighted by Crippen LogP contribution is 2.03. The smallest absolute Gasteiger partial charge is 0.322 e. The highest BCUT2D eigenvalue weighted by atomic mass is 16.5. The minimum atomic E-state index is -0.273. The summed E-state index contributed by atoms with van der Waals surface area (Å²) in [5.74, 6) is -0.181. The number of esters is 1. The summed E-state index contributed by atoms with van der Waals surface area (Å²) in [5.41, 5.74) is 1.16. The van der Waals surface area contributed by atoms with Crippen LogP contribution in [-0.2, 0) is 16.1 Å². The van der Waals surface area contributed by atoms with Crippen molar-refractivity contribution in [3.8, 4) is 0 Å². The largest absolute Gasteiger partial charge is 0.463 e. The van der Waals surface area contributed by atoms with Crippen molar-refractivity contribution in [2.45, 2.75) is 32.0 Å². The van der Waals surface area contributed by atoms with E-state index in [0.29, 0.717) is 19.2 Å². The van der Waals surface area contributed by atoms with Gasteiger partial charge in [0.25, 0.3) is 0 Å². The second-order valence-corrected chi connectivity index (χ2v) is 4.66. The summed E-state index contributed by atoms with van der Waals surface area (Å²) in [6.07, 6.45) is 1.10. The van der Waals surface area contributed by atoms with Crippen LogP contribution in [0.25, 0.3) is 0 Å². The first-order valence-corrected chi connectivity index (χ1v) is 6.43. The molecule has 2 N–H and O–H groups in total. The molecule has 4 heteroatoms. The number of carbonyl (C=O) groups excluding carboxylic acids is 1. The first-order valence-electron chi connectivity index (χ1n) is 6.43. The van der Waals surface area contributed by atoms with E-state index in [1.165, 1.54) is 0 Å². The summed E-state index contributed by atoms with van der Waals surface area (Å²) >= 11 is 0. The van der Waals surface area contributed by atoms with Crippen molar-refractivity contribution in [2.75, 3.05) is 13.2 Å². The van der Waals surface area contributed by atoms with Crippen LogP contribution in [0, 0.1) is 0 Å². The van der Waals surface area contributed by atoms with Crippen molar-refractivity contribution >= 4 is 5.97 Å². The molecule has 0 aromatic heterocycles. The fourth-order valence-electron chi connectivity index (χ4n) is 1.75. The SMILES string of the molecule is C[C@H](NCc1ccccc1)C(=O)OCC1CCN1. The Labute approximate surface area is 108 Å². The van der Waals surface area contributed by atoms with Gasteiger partial charge < -0.3 is 15.4 Å². The quantitative estimate of drug-likeness (QED) is 0.739. The fraction of sp³-hybridized carbons (Fsp3) is 0.500. The van der Waals surface area contributed by atoms with Crippen molar-refractivity contribution in [2.24, 2.45) is 0 Å². The van der Waals surface area contributed by atoms with Gasteiger partial charge in [-0.2, -0.15) is 0 Å². The lowest BCUT2D eigenvalue weighted by Gasteiger charge is -2.27. The Kier molecular flexibility index (Phi) is 4.73. The molecule has 0 saturated carbocycles. The van der Waals surface area contributed by atoms with Gasteiger partial charge in [-0.15, -0.1) is 0 Å². The Bertz CT molecular complexity index is 377. The highest BCUT2D eigenvalue weighted by Gasteiger charge is 2.20. The van der Waals surface area contributed by atoms with E-state index >= 15 is 0 Å². The van der Waals surface area contributed by atoms with E-state index < -0.39 is 0 Å². The molecule has 0 aliphatic carbocycles. The molecule has 2 atom stereocenters. The zero-order chi connectivity index (χ0) is 12.8. The lowest BCUT2D eigenvalue weighted by atomic mass is 10.1. The maximum absolute atomic E-state index is 11.7. The maximum atomic E-state index is 11.7. The first-order chi connectivity index (χ1) is 8.75. The summed E-state index contributed by atoms with van der Waals surface area (Å²) in [6.45, 7) is 4.03. The van der Waals surface area contributed by atoms with E-state index in [4.69, 9.17) is 4.74 Å². The zero-order valence-corrected chi connectivity index (χ0v) is 10.7. The predicted octanol–water partition coefficient (Wildman–Crippen LogP) is 1.07. The number of hydrogen-bond acceptors (Lipinski definition) is 4. The van der Waals surface area contributed by atoms with E-state index in [0.717, 1.165) is 18.5 Å². The Balaban J connectivity index is 1.66. The van der Waals surface area contributed by atoms with Gasteiger partial charge >= 0.3 is 5.97 Å². The molecule has 0 amide bonds. The molecular formula is C14H20N2O2. The van der Waals surface area contributed by atoms with Gasteiger partial charge in [0.05, 0.1) is 0 Å². The number of nitrogens with one attached hydrogen (secondary N) is 2. The van der Waals surface area contributed by atoms with Crippen molar-refractivity contribution in [1.29, 1.82) is 0 Å². The summed E-state index contributed by atoms with van der Waals surface area (Å²) in [4.78, 5) is 11.7. The van der Waals surface area contributed by atoms with Crippen molar-refractivity contribution in [3.05, 3.63) is 35.9 Å². The van der Waals surface area contributed by atoms with Crippen LogP contribution in [0.5, 0.6) is 0 Å². The molecule has 18 heavy (non-hydrogen) atoms. The Morgan fingerprint density at radius 3 is 2.83 bits per heavy atom. The van der Waals surface area contributed by atoms with Gasteiger partial charge in [-0.1, -0.05) is 30.3 Å².